The van der Waals surface area contributed by atoms with E-state index in [-0.39, 0.29) is 22.8 Å². The van der Waals surface area contributed by atoms with Gasteiger partial charge in [0, 0.05) is 18.8 Å². The number of carbonyl (C=O) groups is 1. The predicted octanol–water partition coefficient (Wildman–Crippen LogP) is 3.43. The van der Waals surface area contributed by atoms with Crippen LogP contribution in [0.15, 0.2) is 47.4 Å². The van der Waals surface area contributed by atoms with E-state index in [4.69, 9.17) is 10.00 Å². The van der Waals surface area contributed by atoms with E-state index in [0.717, 1.165) is 18.4 Å². The van der Waals surface area contributed by atoms with Crippen LogP contribution in [-0.2, 0) is 16.4 Å². The van der Waals surface area contributed by atoms with Crippen molar-refractivity contribution in [3.05, 3.63) is 53.6 Å². The van der Waals surface area contributed by atoms with Crippen LogP contribution >= 0.6 is 0 Å². The normalized spacial score (nSPS) is 14.8. The van der Waals surface area contributed by atoms with Crippen LogP contribution in [0.2, 0.25) is 0 Å². The molecule has 0 spiro atoms. The van der Waals surface area contributed by atoms with Gasteiger partial charge in [0.2, 0.25) is 0 Å². The van der Waals surface area contributed by atoms with E-state index in [1.807, 2.05) is 6.07 Å². The summed E-state index contributed by atoms with van der Waals surface area (Å²) in [6.07, 6.45) is 2.11. The van der Waals surface area contributed by atoms with Gasteiger partial charge >= 0.3 is 0 Å². The van der Waals surface area contributed by atoms with E-state index in [9.17, 15) is 13.2 Å². The maximum atomic E-state index is 13.0. The smallest absolute Gasteiger partial charge is 0.261 e. The summed E-state index contributed by atoms with van der Waals surface area (Å²) in [6, 6.07) is 12.9. The van der Waals surface area contributed by atoms with Crippen LogP contribution in [0.25, 0.3) is 0 Å². The predicted molar refractivity (Wildman–Crippen MR) is 114 cm³/mol. The Balaban J connectivity index is 1.85. The van der Waals surface area contributed by atoms with Crippen molar-refractivity contribution in [1.29, 1.82) is 5.26 Å². The van der Waals surface area contributed by atoms with Crippen LogP contribution in [0, 0.1) is 17.2 Å². The molecule has 158 valence electrons. The molecule has 0 aliphatic carbocycles. The van der Waals surface area contributed by atoms with Crippen molar-refractivity contribution in [3.8, 4) is 11.8 Å². The van der Waals surface area contributed by atoms with E-state index in [1.165, 1.54) is 25.3 Å². The number of benzene rings is 2. The lowest BCUT2D eigenvalue weighted by molar-refractivity contribution is 0.0693. The molecule has 0 radical (unpaired) electrons. The van der Waals surface area contributed by atoms with Gasteiger partial charge in [-0.15, -0.1) is 0 Å². The number of sulfonamides is 1. The van der Waals surface area contributed by atoms with E-state index in [0.29, 0.717) is 30.4 Å². The van der Waals surface area contributed by atoms with Crippen LogP contribution in [-0.4, -0.2) is 39.4 Å². The molecule has 2 aromatic rings. The first-order valence-corrected chi connectivity index (χ1v) is 11.3. The number of ether oxygens (including phenoxy) is 1. The molecule has 0 bridgehead atoms. The highest BCUT2D eigenvalue weighted by Crippen LogP contribution is 2.27. The molecule has 8 heteroatoms. The highest BCUT2D eigenvalue weighted by Gasteiger charge is 2.26. The van der Waals surface area contributed by atoms with Crippen molar-refractivity contribution >= 4 is 21.6 Å². The van der Waals surface area contributed by atoms with E-state index in [1.54, 1.807) is 29.2 Å². The van der Waals surface area contributed by atoms with Crippen LogP contribution < -0.4 is 9.46 Å². The molecule has 3 rings (SSSR count). The number of rotatable bonds is 6. The molecule has 1 heterocycles. The fraction of sp³-hybridized carbons (Fsp3) is 0.364. The molecule has 1 aliphatic rings. The minimum Gasteiger partial charge on any atom is -0.496 e. The second-order valence-electron chi connectivity index (χ2n) is 7.47. The van der Waals surface area contributed by atoms with Gasteiger partial charge in [-0.3, -0.25) is 9.52 Å². The summed E-state index contributed by atoms with van der Waals surface area (Å²) in [4.78, 5) is 14.8. The Morgan fingerprint density at radius 1 is 1.20 bits per heavy atom. The van der Waals surface area contributed by atoms with Gasteiger partial charge in [0.15, 0.2) is 0 Å². The molecule has 1 N–H and O–H groups in total. The first-order valence-electron chi connectivity index (χ1n) is 9.80. The van der Waals surface area contributed by atoms with Crippen molar-refractivity contribution < 1.29 is 17.9 Å². The lowest BCUT2D eigenvalue weighted by Gasteiger charge is -2.30. The molecule has 1 fully saturated rings. The molecule has 2 aromatic carbocycles. The van der Waals surface area contributed by atoms with Gasteiger partial charge in [-0.25, -0.2) is 8.42 Å². The molecule has 0 atom stereocenters. The third-order valence-electron chi connectivity index (χ3n) is 5.27. The average molecular weight is 428 g/mol. The number of nitrogens with zero attached hydrogens (tertiary/aromatic N) is 2. The Morgan fingerprint density at radius 2 is 1.87 bits per heavy atom. The van der Waals surface area contributed by atoms with Gasteiger partial charge in [-0.2, -0.15) is 5.26 Å². The standard InChI is InChI=1S/C22H25N3O4S/c1-16-10-13-25(14-11-16)22(26)20-15-19(7-8-21(20)29-2)30(27,28)24-18-5-3-17(4-6-18)9-12-23/h3-8,15-16,24H,9-11,13-14H2,1-2H3. The number of amides is 1. The Kier molecular flexibility index (Phi) is 6.63. The summed E-state index contributed by atoms with van der Waals surface area (Å²) >= 11 is 0. The van der Waals surface area contributed by atoms with Gasteiger partial charge in [0.05, 0.1) is 30.1 Å². The minimum absolute atomic E-state index is 0.0156. The van der Waals surface area contributed by atoms with Crippen molar-refractivity contribution in [2.45, 2.75) is 31.1 Å². The van der Waals surface area contributed by atoms with Crippen LogP contribution in [0.4, 0.5) is 5.69 Å². The molecule has 0 aromatic heterocycles. The maximum absolute atomic E-state index is 13.0. The first kappa shape index (κ1) is 21.7. The number of nitriles is 1. The fourth-order valence-corrected chi connectivity index (χ4v) is 4.48. The van der Waals surface area contributed by atoms with Crippen molar-refractivity contribution in [1.82, 2.24) is 4.90 Å². The number of likely N-dealkylation sites (tertiary alicyclic amines) is 1. The largest absolute Gasteiger partial charge is 0.496 e. The molecule has 1 saturated heterocycles. The zero-order valence-electron chi connectivity index (χ0n) is 17.1. The zero-order valence-corrected chi connectivity index (χ0v) is 17.9. The molecule has 0 unspecified atom stereocenters. The quantitative estimate of drug-likeness (QED) is 0.761. The summed E-state index contributed by atoms with van der Waals surface area (Å²) in [5.41, 5.74) is 1.42. The van der Waals surface area contributed by atoms with Crippen LogP contribution in [0.1, 0.15) is 35.7 Å². The highest BCUT2D eigenvalue weighted by atomic mass is 32.2. The lowest BCUT2D eigenvalue weighted by Crippen LogP contribution is -2.38. The number of methoxy groups -OCH3 is 1. The number of hydrogen-bond donors (Lipinski definition) is 1. The van der Waals surface area contributed by atoms with E-state index < -0.39 is 10.0 Å². The number of anilines is 1. The second-order valence-corrected chi connectivity index (χ2v) is 9.16. The summed E-state index contributed by atoms with van der Waals surface area (Å²) in [5, 5.41) is 8.74. The molecule has 1 aliphatic heterocycles. The third kappa shape index (κ3) is 4.92. The highest BCUT2D eigenvalue weighted by molar-refractivity contribution is 7.92. The topological polar surface area (TPSA) is 99.5 Å². The van der Waals surface area contributed by atoms with E-state index in [2.05, 4.69) is 11.6 Å². The van der Waals surface area contributed by atoms with Gasteiger partial charge in [-0.1, -0.05) is 19.1 Å². The molecule has 0 saturated carbocycles. The summed E-state index contributed by atoms with van der Waals surface area (Å²) < 4.78 is 33.6. The number of nitrogens with one attached hydrogen (secondary N) is 1. The number of hydrogen-bond acceptors (Lipinski definition) is 5. The Labute approximate surface area is 177 Å². The van der Waals surface area contributed by atoms with E-state index >= 15 is 0 Å². The van der Waals surface area contributed by atoms with Crippen molar-refractivity contribution in [3.63, 3.8) is 0 Å². The molecule has 30 heavy (non-hydrogen) atoms. The Morgan fingerprint density at radius 3 is 2.47 bits per heavy atom. The summed E-state index contributed by atoms with van der Waals surface area (Å²) in [5.74, 6) is 0.696. The molecular weight excluding hydrogens is 402 g/mol. The summed E-state index contributed by atoms with van der Waals surface area (Å²) in [6.45, 7) is 3.45. The number of carbonyl (C=O) groups excluding carboxylic acids is 1. The monoisotopic (exact) mass is 427 g/mol. The van der Waals surface area contributed by atoms with Gasteiger partial charge in [0.1, 0.15) is 5.75 Å². The summed E-state index contributed by atoms with van der Waals surface area (Å²) in [7, 11) is -2.44. The fourth-order valence-electron chi connectivity index (χ4n) is 3.40. The Hall–Kier alpha value is -3.05. The Bertz CT molecular complexity index is 1050. The molecule has 7 nitrogen and oxygen atoms in total. The van der Waals surface area contributed by atoms with Gasteiger partial charge in [-0.05, 0) is 54.7 Å². The minimum atomic E-state index is -3.90. The van der Waals surface area contributed by atoms with Crippen molar-refractivity contribution in [2.24, 2.45) is 5.92 Å². The second kappa shape index (κ2) is 9.18. The van der Waals surface area contributed by atoms with Gasteiger partial charge < -0.3 is 9.64 Å². The SMILES string of the molecule is COc1ccc(S(=O)(=O)Nc2ccc(CC#N)cc2)cc1C(=O)N1CCC(C)CC1. The lowest BCUT2D eigenvalue weighted by atomic mass is 9.98. The van der Waals surface area contributed by atoms with Crippen LogP contribution in [0.3, 0.4) is 0 Å². The van der Waals surface area contributed by atoms with Gasteiger partial charge in [0.25, 0.3) is 15.9 Å². The average Bonchev–Trinajstić information content (AvgIpc) is 2.74. The molecule has 1 amide bonds. The van der Waals surface area contributed by atoms with Crippen LogP contribution in [0.5, 0.6) is 5.75 Å². The maximum Gasteiger partial charge on any atom is 0.261 e. The zero-order chi connectivity index (χ0) is 21.7. The first-order chi connectivity index (χ1) is 14.3. The number of piperidine rings is 1. The molecular formula is C22H25N3O4S. The van der Waals surface area contributed by atoms with Crippen molar-refractivity contribution in [2.75, 3.05) is 24.9 Å². The third-order valence-corrected chi connectivity index (χ3v) is 6.65.